The number of aromatic nitrogens is 1. The van der Waals surface area contributed by atoms with Gasteiger partial charge in [-0.2, -0.15) is 13.2 Å². The maximum absolute atomic E-state index is 12.4. The molecule has 0 aliphatic carbocycles. The highest BCUT2D eigenvalue weighted by atomic mass is 32.1. The van der Waals surface area contributed by atoms with E-state index in [0.717, 1.165) is 0 Å². The van der Waals surface area contributed by atoms with Gasteiger partial charge in [0.1, 0.15) is 4.88 Å². The van der Waals surface area contributed by atoms with Gasteiger partial charge >= 0.3 is 12.1 Å². The Kier molecular flexibility index (Phi) is 3.57. The summed E-state index contributed by atoms with van der Waals surface area (Å²) in [6, 6.07) is 0. The van der Waals surface area contributed by atoms with Crippen LogP contribution in [0.25, 0.3) is 0 Å². The van der Waals surface area contributed by atoms with E-state index in [4.69, 9.17) is 5.11 Å². The summed E-state index contributed by atoms with van der Waals surface area (Å²) in [6.45, 7) is 3.66. The molecule has 1 aromatic heterocycles. The van der Waals surface area contributed by atoms with E-state index in [0.29, 0.717) is 17.8 Å². The molecule has 3 nitrogen and oxygen atoms in total. The Morgan fingerprint density at radius 2 is 2.06 bits per heavy atom. The van der Waals surface area contributed by atoms with Crippen molar-refractivity contribution in [3.8, 4) is 0 Å². The normalized spacial score (nSPS) is 12.1. The van der Waals surface area contributed by atoms with Crippen molar-refractivity contribution in [1.82, 2.24) is 4.98 Å². The van der Waals surface area contributed by atoms with Gasteiger partial charge in [0.05, 0.1) is 5.01 Å². The van der Waals surface area contributed by atoms with Crippen LogP contribution < -0.4 is 0 Å². The van der Waals surface area contributed by atoms with Crippen molar-refractivity contribution in [1.29, 1.82) is 0 Å². The van der Waals surface area contributed by atoms with Gasteiger partial charge in [-0.1, -0.05) is 13.8 Å². The van der Waals surface area contributed by atoms with Crippen LogP contribution in [0.15, 0.2) is 0 Å². The molecule has 0 saturated carbocycles. The number of carboxylic acid groups (broad SMARTS) is 1. The highest BCUT2D eigenvalue weighted by Crippen LogP contribution is 2.34. The third-order valence-corrected chi connectivity index (χ3v) is 2.78. The van der Waals surface area contributed by atoms with Crippen LogP contribution in [0.1, 0.15) is 34.2 Å². The zero-order chi connectivity index (χ0) is 12.5. The van der Waals surface area contributed by atoms with Gasteiger partial charge in [0, 0.05) is 6.42 Å². The summed E-state index contributed by atoms with van der Waals surface area (Å²) in [5, 5.41) is 8.85. The third kappa shape index (κ3) is 2.94. The molecule has 0 aromatic carbocycles. The van der Waals surface area contributed by atoms with Crippen molar-refractivity contribution in [3.05, 3.63) is 15.6 Å². The summed E-state index contributed by atoms with van der Waals surface area (Å²) in [5.74, 6) is -1.45. The Balaban J connectivity index is 3.16. The monoisotopic (exact) mass is 253 g/mol. The molecule has 0 atom stereocenters. The molecule has 16 heavy (non-hydrogen) atoms. The van der Waals surface area contributed by atoms with E-state index < -0.39 is 22.7 Å². The van der Waals surface area contributed by atoms with Crippen LogP contribution in [0.3, 0.4) is 0 Å². The molecule has 1 rings (SSSR count). The fourth-order valence-electron chi connectivity index (χ4n) is 1.14. The molecule has 0 bridgehead atoms. The molecule has 1 aromatic rings. The van der Waals surface area contributed by atoms with E-state index in [9.17, 15) is 18.0 Å². The SMILES string of the molecule is CC(C)Cc1nc(C(F)(F)F)c(C(=O)O)s1. The highest BCUT2D eigenvalue weighted by Gasteiger charge is 2.39. The number of carbonyl (C=O) groups is 1. The van der Waals surface area contributed by atoms with Crippen LogP contribution in [-0.4, -0.2) is 16.1 Å². The minimum absolute atomic E-state index is 0.133. The van der Waals surface area contributed by atoms with Gasteiger partial charge in [-0.3, -0.25) is 0 Å². The van der Waals surface area contributed by atoms with Crippen molar-refractivity contribution in [2.45, 2.75) is 26.4 Å². The first-order valence-corrected chi connectivity index (χ1v) is 5.33. The average molecular weight is 253 g/mol. The summed E-state index contributed by atoms with van der Waals surface area (Å²) in [7, 11) is 0. The molecule has 0 radical (unpaired) electrons. The highest BCUT2D eigenvalue weighted by molar-refractivity contribution is 7.13. The summed E-state index contributed by atoms with van der Waals surface area (Å²) < 4.78 is 37.3. The predicted molar refractivity (Wildman–Crippen MR) is 52.6 cm³/mol. The summed E-state index contributed by atoms with van der Waals surface area (Å²) in [5.41, 5.74) is -1.29. The minimum atomic E-state index is -4.71. The van der Waals surface area contributed by atoms with E-state index in [1.54, 1.807) is 0 Å². The Hall–Kier alpha value is -1.11. The van der Waals surface area contributed by atoms with E-state index in [2.05, 4.69) is 4.98 Å². The minimum Gasteiger partial charge on any atom is -0.477 e. The lowest BCUT2D eigenvalue weighted by Gasteiger charge is -2.02. The molecular formula is C9H10F3NO2S. The first-order valence-electron chi connectivity index (χ1n) is 4.52. The number of hydrogen-bond acceptors (Lipinski definition) is 3. The number of nitrogens with zero attached hydrogens (tertiary/aromatic N) is 1. The molecule has 0 amide bonds. The molecule has 90 valence electrons. The molecule has 0 aliphatic heterocycles. The van der Waals surface area contributed by atoms with Crippen LogP contribution in [-0.2, 0) is 12.6 Å². The second-order valence-electron chi connectivity index (χ2n) is 3.69. The zero-order valence-electron chi connectivity index (χ0n) is 8.63. The van der Waals surface area contributed by atoms with Gasteiger partial charge in [0.25, 0.3) is 0 Å². The summed E-state index contributed by atoms with van der Waals surface area (Å²) >= 11 is 0.592. The van der Waals surface area contributed by atoms with Crippen LogP contribution in [0.4, 0.5) is 13.2 Å². The van der Waals surface area contributed by atoms with Gasteiger partial charge in [0.2, 0.25) is 0 Å². The van der Waals surface area contributed by atoms with Gasteiger partial charge < -0.3 is 5.11 Å². The van der Waals surface area contributed by atoms with Gasteiger partial charge in [-0.25, -0.2) is 9.78 Å². The van der Waals surface area contributed by atoms with Crippen molar-refractivity contribution in [2.75, 3.05) is 0 Å². The third-order valence-electron chi connectivity index (χ3n) is 1.72. The van der Waals surface area contributed by atoms with Crippen LogP contribution >= 0.6 is 11.3 Å². The molecule has 0 fully saturated rings. The number of thiazole rings is 1. The topological polar surface area (TPSA) is 50.2 Å². The fourth-order valence-corrected chi connectivity index (χ4v) is 2.27. The van der Waals surface area contributed by atoms with Crippen molar-refractivity contribution in [3.63, 3.8) is 0 Å². The quantitative estimate of drug-likeness (QED) is 0.900. The second-order valence-corrected chi connectivity index (χ2v) is 4.77. The molecular weight excluding hydrogens is 243 g/mol. The summed E-state index contributed by atoms with van der Waals surface area (Å²) in [4.78, 5) is 13.3. The Labute approximate surface area is 93.9 Å². The lowest BCUT2D eigenvalue weighted by atomic mass is 10.1. The Bertz CT molecular complexity index is 398. The molecule has 0 aliphatic rings. The van der Waals surface area contributed by atoms with Gasteiger partial charge in [-0.05, 0) is 5.92 Å². The van der Waals surface area contributed by atoms with Crippen LogP contribution in [0.5, 0.6) is 0 Å². The average Bonchev–Trinajstić information content (AvgIpc) is 2.45. The lowest BCUT2D eigenvalue weighted by Crippen LogP contribution is -2.11. The van der Waals surface area contributed by atoms with E-state index in [-0.39, 0.29) is 10.9 Å². The van der Waals surface area contributed by atoms with Crippen molar-refractivity contribution >= 4 is 17.3 Å². The Morgan fingerprint density at radius 1 is 1.50 bits per heavy atom. The fraction of sp³-hybridized carbons (Fsp3) is 0.556. The molecule has 0 saturated heterocycles. The molecule has 7 heteroatoms. The standard InChI is InChI=1S/C9H10F3NO2S/c1-4(2)3-5-13-7(9(10,11)12)6(16-5)8(14)15/h4H,3H2,1-2H3,(H,14,15). The number of hydrogen-bond donors (Lipinski definition) is 1. The van der Waals surface area contributed by atoms with Gasteiger partial charge in [-0.15, -0.1) is 11.3 Å². The largest absolute Gasteiger partial charge is 0.477 e. The zero-order valence-corrected chi connectivity index (χ0v) is 9.45. The molecule has 0 spiro atoms. The molecule has 0 unspecified atom stereocenters. The first-order chi connectivity index (χ1) is 7.21. The molecule has 1 N–H and O–H groups in total. The summed E-state index contributed by atoms with van der Waals surface area (Å²) in [6.07, 6.45) is -4.36. The second kappa shape index (κ2) is 4.40. The van der Waals surface area contributed by atoms with E-state index in [1.165, 1.54) is 0 Å². The Morgan fingerprint density at radius 3 is 2.38 bits per heavy atom. The predicted octanol–water partition coefficient (Wildman–Crippen LogP) is 3.06. The molecule has 1 heterocycles. The smallest absolute Gasteiger partial charge is 0.435 e. The first kappa shape index (κ1) is 13.0. The lowest BCUT2D eigenvalue weighted by molar-refractivity contribution is -0.141. The van der Waals surface area contributed by atoms with E-state index >= 15 is 0 Å². The maximum Gasteiger partial charge on any atom is 0.435 e. The number of halogens is 3. The van der Waals surface area contributed by atoms with E-state index in [1.807, 2.05) is 13.8 Å². The number of carboxylic acids is 1. The van der Waals surface area contributed by atoms with Crippen molar-refractivity contribution < 1.29 is 23.1 Å². The number of alkyl halides is 3. The van der Waals surface area contributed by atoms with Gasteiger partial charge in [0.15, 0.2) is 5.69 Å². The maximum atomic E-state index is 12.4. The van der Waals surface area contributed by atoms with Crippen molar-refractivity contribution in [2.24, 2.45) is 5.92 Å². The van der Waals surface area contributed by atoms with Crippen LogP contribution in [0.2, 0.25) is 0 Å². The number of aromatic carboxylic acids is 1. The number of rotatable bonds is 3. The van der Waals surface area contributed by atoms with Crippen LogP contribution in [0, 0.1) is 5.92 Å².